The number of aliphatic hydroxyl groups is 1. The summed E-state index contributed by atoms with van der Waals surface area (Å²) in [5.74, 6) is -3.13. The minimum absolute atomic E-state index is 0.163. The van der Waals surface area contributed by atoms with Gasteiger partial charge in [0.1, 0.15) is 12.7 Å². The van der Waals surface area contributed by atoms with Gasteiger partial charge >= 0.3 is 23.9 Å². The molecule has 10 heteroatoms. The first-order valence-electron chi connectivity index (χ1n) is 12.1. The number of aliphatic hydroxyl groups excluding tert-OH is 1. The van der Waals surface area contributed by atoms with Gasteiger partial charge in [0.15, 0.2) is 24.6 Å². The zero-order valence-corrected chi connectivity index (χ0v) is 20.9. The molecule has 0 spiro atoms. The van der Waals surface area contributed by atoms with Crippen LogP contribution in [0.2, 0.25) is 0 Å². The van der Waals surface area contributed by atoms with Gasteiger partial charge < -0.3 is 28.8 Å². The van der Waals surface area contributed by atoms with Gasteiger partial charge in [-0.15, -0.1) is 0 Å². The van der Waals surface area contributed by atoms with Crippen LogP contribution in [0, 0.1) is 0 Å². The molecule has 3 aromatic rings. The lowest BCUT2D eigenvalue weighted by Gasteiger charge is -2.42. The van der Waals surface area contributed by atoms with E-state index in [1.54, 1.807) is 54.6 Å². The fraction of sp³-hybridized carbons (Fsp3) is 0.241. The Morgan fingerprint density at radius 3 is 1.44 bits per heavy atom. The van der Waals surface area contributed by atoms with Crippen molar-refractivity contribution in [3.8, 4) is 0 Å². The van der Waals surface area contributed by atoms with E-state index in [9.17, 15) is 24.3 Å². The Bertz CT molecular complexity index is 1280. The van der Waals surface area contributed by atoms with Crippen molar-refractivity contribution in [3.63, 3.8) is 0 Å². The molecule has 0 radical (unpaired) electrons. The highest BCUT2D eigenvalue weighted by Gasteiger charge is 2.52. The molecule has 4 rings (SSSR count). The third kappa shape index (κ3) is 7.07. The molecule has 3 aromatic carbocycles. The Morgan fingerprint density at radius 2 is 1.03 bits per heavy atom. The summed E-state index contributed by atoms with van der Waals surface area (Å²) in [7, 11) is 0. The van der Waals surface area contributed by atoms with Gasteiger partial charge in [0, 0.05) is 6.92 Å². The predicted octanol–water partition coefficient (Wildman–Crippen LogP) is 2.94. The summed E-state index contributed by atoms with van der Waals surface area (Å²) in [5.41, 5.74) is 0.509. The van der Waals surface area contributed by atoms with E-state index in [0.29, 0.717) is 0 Å². The molecular weight excluding hydrogens is 508 g/mol. The van der Waals surface area contributed by atoms with Crippen molar-refractivity contribution in [2.75, 3.05) is 6.61 Å². The maximum atomic E-state index is 13.1. The summed E-state index contributed by atoms with van der Waals surface area (Å²) in [5, 5.41) is 10.9. The summed E-state index contributed by atoms with van der Waals surface area (Å²) in [6, 6.07) is 23.9. The molecular formula is C29H26O10. The smallest absolute Gasteiger partial charge is 0.338 e. The Balaban J connectivity index is 1.69. The van der Waals surface area contributed by atoms with Gasteiger partial charge in [0.05, 0.1) is 16.7 Å². The molecule has 5 atom stereocenters. The molecule has 39 heavy (non-hydrogen) atoms. The van der Waals surface area contributed by atoms with Gasteiger partial charge in [0.2, 0.25) is 0 Å². The lowest BCUT2D eigenvalue weighted by molar-refractivity contribution is -0.285. The van der Waals surface area contributed by atoms with Crippen molar-refractivity contribution in [3.05, 3.63) is 108 Å². The lowest BCUT2D eigenvalue weighted by Crippen LogP contribution is -2.62. The van der Waals surface area contributed by atoms with Gasteiger partial charge in [-0.05, 0) is 36.4 Å². The highest BCUT2D eigenvalue weighted by molar-refractivity contribution is 5.91. The molecule has 1 aliphatic rings. The Labute approximate surface area is 224 Å². The summed E-state index contributed by atoms with van der Waals surface area (Å²) in [6.45, 7) is 0.722. The van der Waals surface area contributed by atoms with E-state index >= 15 is 0 Å². The van der Waals surface area contributed by atoms with Crippen molar-refractivity contribution in [1.82, 2.24) is 0 Å². The third-order valence-corrected chi connectivity index (χ3v) is 5.82. The second-order valence-corrected chi connectivity index (χ2v) is 8.58. The van der Waals surface area contributed by atoms with Crippen LogP contribution in [0.15, 0.2) is 91.0 Å². The van der Waals surface area contributed by atoms with E-state index in [4.69, 9.17) is 23.7 Å². The number of hydrogen-bond acceptors (Lipinski definition) is 10. The van der Waals surface area contributed by atoms with Crippen LogP contribution in [-0.2, 0) is 28.5 Å². The van der Waals surface area contributed by atoms with E-state index in [1.165, 1.54) is 43.3 Å². The van der Waals surface area contributed by atoms with Crippen LogP contribution < -0.4 is 0 Å². The summed E-state index contributed by atoms with van der Waals surface area (Å²) in [4.78, 5) is 50.5. The quantitative estimate of drug-likeness (QED) is 0.339. The highest BCUT2D eigenvalue weighted by atomic mass is 16.7. The minimum atomic E-state index is -1.82. The van der Waals surface area contributed by atoms with Crippen LogP contribution in [-0.4, -0.2) is 66.3 Å². The third-order valence-electron chi connectivity index (χ3n) is 5.82. The molecule has 0 saturated carbocycles. The van der Waals surface area contributed by atoms with Crippen molar-refractivity contribution < 1.29 is 48.0 Å². The topological polar surface area (TPSA) is 135 Å². The number of carbonyl (C=O) groups is 4. The molecule has 1 fully saturated rings. The van der Waals surface area contributed by atoms with E-state index in [-0.39, 0.29) is 16.7 Å². The number of hydrogen-bond donors (Lipinski definition) is 1. The lowest BCUT2D eigenvalue weighted by atomic mass is 9.97. The van der Waals surface area contributed by atoms with Crippen LogP contribution >= 0.6 is 0 Å². The molecule has 1 heterocycles. The first-order chi connectivity index (χ1) is 18.8. The van der Waals surface area contributed by atoms with Gasteiger partial charge in [0.25, 0.3) is 0 Å². The molecule has 10 nitrogen and oxygen atoms in total. The van der Waals surface area contributed by atoms with Crippen LogP contribution in [0.4, 0.5) is 0 Å². The van der Waals surface area contributed by atoms with Gasteiger partial charge in [-0.1, -0.05) is 54.6 Å². The average Bonchev–Trinajstić information content (AvgIpc) is 2.96. The fourth-order valence-corrected chi connectivity index (χ4v) is 3.93. The Hall–Kier alpha value is -4.54. The molecule has 0 amide bonds. The maximum absolute atomic E-state index is 13.1. The second-order valence-electron chi connectivity index (χ2n) is 8.58. The van der Waals surface area contributed by atoms with Crippen LogP contribution in [0.3, 0.4) is 0 Å². The molecule has 0 aliphatic carbocycles. The second kappa shape index (κ2) is 12.8. The average molecular weight is 535 g/mol. The summed E-state index contributed by atoms with van der Waals surface area (Å²) in [6.07, 6.45) is -7.67. The first-order valence-corrected chi connectivity index (χ1v) is 12.1. The maximum Gasteiger partial charge on any atom is 0.338 e. The van der Waals surface area contributed by atoms with Gasteiger partial charge in [-0.25, -0.2) is 14.4 Å². The zero-order valence-electron chi connectivity index (χ0n) is 20.9. The van der Waals surface area contributed by atoms with E-state index in [2.05, 4.69) is 0 Å². The Kier molecular flexibility index (Phi) is 9.03. The Morgan fingerprint density at radius 1 is 0.641 bits per heavy atom. The molecule has 0 bridgehead atoms. The largest absolute Gasteiger partial charge is 0.463 e. The van der Waals surface area contributed by atoms with Gasteiger partial charge in [-0.3, -0.25) is 4.79 Å². The van der Waals surface area contributed by atoms with Crippen molar-refractivity contribution in [1.29, 1.82) is 0 Å². The van der Waals surface area contributed by atoms with E-state index < -0.39 is 61.2 Å². The molecule has 1 aliphatic heterocycles. The number of esters is 4. The SMILES string of the molecule is CC(=O)OC[C@H]1O[C@H](O)[C@H](OC(=O)c2ccccc2)[C@@H](OC(=O)c2ccccc2)[C@@H]1OC(=O)c1ccccc1. The van der Waals surface area contributed by atoms with Crippen LogP contribution in [0.5, 0.6) is 0 Å². The van der Waals surface area contributed by atoms with Gasteiger partial charge in [-0.2, -0.15) is 0 Å². The molecule has 0 unspecified atom stereocenters. The summed E-state index contributed by atoms with van der Waals surface area (Å²) < 4.78 is 27.6. The molecule has 1 N–H and O–H groups in total. The monoisotopic (exact) mass is 534 g/mol. The summed E-state index contributed by atoms with van der Waals surface area (Å²) >= 11 is 0. The highest BCUT2D eigenvalue weighted by Crippen LogP contribution is 2.30. The standard InChI is InChI=1S/C29H26O10/c1-18(30)35-17-22-23(37-26(31)19-11-5-2-6-12-19)24(38-27(32)20-13-7-3-8-14-20)25(29(34)36-22)39-28(33)21-15-9-4-10-16-21/h2-16,22-25,29,34H,17H2,1H3/t22-,23-,24+,25-,29+/m1/s1. The normalized spacial score (nSPS) is 22.3. The first kappa shape index (κ1) is 27.5. The van der Waals surface area contributed by atoms with Crippen LogP contribution in [0.25, 0.3) is 0 Å². The zero-order chi connectivity index (χ0) is 27.8. The molecule has 202 valence electrons. The van der Waals surface area contributed by atoms with Crippen molar-refractivity contribution in [2.45, 2.75) is 37.6 Å². The number of carbonyl (C=O) groups excluding carboxylic acids is 4. The van der Waals surface area contributed by atoms with E-state index in [1.807, 2.05) is 0 Å². The number of ether oxygens (including phenoxy) is 5. The van der Waals surface area contributed by atoms with Crippen molar-refractivity contribution in [2.24, 2.45) is 0 Å². The minimum Gasteiger partial charge on any atom is -0.463 e. The molecule has 0 aromatic heterocycles. The number of benzene rings is 3. The predicted molar refractivity (Wildman–Crippen MR) is 134 cm³/mol. The number of rotatable bonds is 8. The van der Waals surface area contributed by atoms with Crippen LogP contribution in [0.1, 0.15) is 38.0 Å². The molecule has 1 saturated heterocycles. The van der Waals surface area contributed by atoms with E-state index in [0.717, 1.165) is 0 Å². The van der Waals surface area contributed by atoms with Crippen molar-refractivity contribution >= 4 is 23.9 Å². The fourth-order valence-electron chi connectivity index (χ4n) is 3.93.